The Balaban J connectivity index is 1.24. The minimum Gasteiger partial charge on any atom is -0.455 e. The molecule has 0 aliphatic carbocycles. The molecular weight excluding hydrogens is 687 g/mol. The quantitative estimate of drug-likeness (QED) is 0.170. The van der Waals surface area contributed by atoms with E-state index >= 15 is 0 Å². The molecule has 0 saturated heterocycles. The van der Waals surface area contributed by atoms with Gasteiger partial charge in [-0.05, 0) is 69.9 Å². The van der Waals surface area contributed by atoms with E-state index in [0.29, 0.717) is 0 Å². The van der Waals surface area contributed by atoms with Crippen LogP contribution in [0.25, 0.3) is 86.3 Å². The number of nitrogens with zero attached hydrogens (tertiary/aromatic N) is 1. The monoisotopic (exact) mass is 719 g/mol. The molecule has 11 rings (SSSR count). The summed E-state index contributed by atoms with van der Waals surface area (Å²) >= 11 is 1.85. The highest BCUT2D eigenvalue weighted by Gasteiger charge is 2.25. The normalized spacial score (nSPS) is 11.6. The smallest absolute Gasteiger partial charge is 0.143 e. The second-order valence-electron chi connectivity index (χ2n) is 14.0. The third-order valence-electron chi connectivity index (χ3n) is 10.9. The Morgan fingerprint density at radius 2 is 1.02 bits per heavy atom. The van der Waals surface area contributed by atoms with Crippen molar-refractivity contribution < 1.29 is 4.42 Å². The van der Waals surface area contributed by atoms with Gasteiger partial charge in [0.25, 0.3) is 0 Å². The number of anilines is 3. The molecule has 2 heterocycles. The molecule has 0 N–H and O–H groups in total. The molecule has 0 spiro atoms. The van der Waals surface area contributed by atoms with Gasteiger partial charge < -0.3 is 9.32 Å². The maximum atomic E-state index is 6.69. The van der Waals surface area contributed by atoms with Crippen molar-refractivity contribution >= 4 is 81.3 Å². The fraction of sp³-hybridized carbons (Fsp3) is 0. The second kappa shape index (κ2) is 12.9. The van der Waals surface area contributed by atoms with Gasteiger partial charge in [0.1, 0.15) is 11.2 Å². The van der Waals surface area contributed by atoms with Crippen LogP contribution < -0.4 is 4.90 Å². The molecule has 0 aliphatic heterocycles. The lowest BCUT2D eigenvalue weighted by Crippen LogP contribution is -2.13. The van der Waals surface area contributed by atoms with Crippen molar-refractivity contribution in [1.29, 1.82) is 0 Å². The largest absolute Gasteiger partial charge is 0.455 e. The molecule has 9 aromatic carbocycles. The highest BCUT2D eigenvalue weighted by Crippen LogP contribution is 2.51. The van der Waals surface area contributed by atoms with Crippen molar-refractivity contribution in [3.05, 3.63) is 200 Å². The lowest BCUT2D eigenvalue weighted by Gasteiger charge is -2.31. The molecule has 3 heteroatoms. The Morgan fingerprint density at radius 1 is 0.364 bits per heavy atom. The first kappa shape index (κ1) is 31.6. The third kappa shape index (κ3) is 5.24. The van der Waals surface area contributed by atoms with Crippen LogP contribution in [-0.4, -0.2) is 0 Å². The van der Waals surface area contributed by atoms with Gasteiger partial charge >= 0.3 is 0 Å². The van der Waals surface area contributed by atoms with Crippen molar-refractivity contribution in [1.82, 2.24) is 0 Å². The van der Waals surface area contributed by atoms with E-state index in [0.717, 1.165) is 66.8 Å². The molecule has 2 aromatic heterocycles. The number of hydrogen-bond donors (Lipinski definition) is 0. The van der Waals surface area contributed by atoms with Crippen LogP contribution >= 0.6 is 11.3 Å². The minimum atomic E-state index is 0.892. The molecular formula is C52H33NOS. The number of para-hydroxylation sites is 3. The van der Waals surface area contributed by atoms with Gasteiger partial charge in [-0.2, -0.15) is 0 Å². The molecule has 11 aromatic rings. The molecule has 0 unspecified atom stereocenters. The first-order valence-electron chi connectivity index (χ1n) is 18.7. The average molecular weight is 720 g/mol. The van der Waals surface area contributed by atoms with Gasteiger partial charge in [0.05, 0.1) is 17.1 Å². The third-order valence-corrected chi connectivity index (χ3v) is 12.0. The van der Waals surface area contributed by atoms with Crippen LogP contribution in [0.2, 0.25) is 0 Å². The molecule has 55 heavy (non-hydrogen) atoms. The van der Waals surface area contributed by atoms with E-state index < -0.39 is 0 Å². The maximum absolute atomic E-state index is 6.69. The molecule has 0 bridgehead atoms. The zero-order valence-corrected chi connectivity index (χ0v) is 30.6. The number of thiophene rings is 1. The van der Waals surface area contributed by atoms with Crippen LogP contribution in [-0.2, 0) is 0 Å². The fourth-order valence-electron chi connectivity index (χ4n) is 8.31. The lowest BCUT2D eigenvalue weighted by molar-refractivity contribution is 0.670. The van der Waals surface area contributed by atoms with Gasteiger partial charge in [-0.15, -0.1) is 11.3 Å². The van der Waals surface area contributed by atoms with Gasteiger partial charge in [0.15, 0.2) is 0 Å². The van der Waals surface area contributed by atoms with E-state index in [1.54, 1.807) is 0 Å². The number of benzene rings is 9. The van der Waals surface area contributed by atoms with E-state index in [9.17, 15) is 0 Å². The van der Waals surface area contributed by atoms with Gasteiger partial charge in [-0.1, -0.05) is 158 Å². The first-order valence-corrected chi connectivity index (χ1v) is 19.5. The molecule has 0 fully saturated rings. The fourth-order valence-corrected chi connectivity index (χ4v) is 9.44. The van der Waals surface area contributed by atoms with Crippen LogP contribution in [0.4, 0.5) is 17.1 Å². The summed E-state index contributed by atoms with van der Waals surface area (Å²) in [4.78, 5) is 2.51. The molecule has 0 aliphatic rings. The van der Waals surface area contributed by atoms with Crippen molar-refractivity contribution in [2.75, 3.05) is 4.90 Å². The predicted octanol–water partition coefficient (Wildman–Crippen LogP) is 15.6. The summed E-state index contributed by atoms with van der Waals surface area (Å²) in [7, 11) is 0. The predicted molar refractivity (Wildman–Crippen MR) is 235 cm³/mol. The molecule has 0 amide bonds. The van der Waals surface area contributed by atoms with E-state index in [4.69, 9.17) is 4.42 Å². The van der Waals surface area contributed by atoms with Gasteiger partial charge in [-0.25, -0.2) is 0 Å². The van der Waals surface area contributed by atoms with Crippen molar-refractivity contribution in [3.63, 3.8) is 0 Å². The van der Waals surface area contributed by atoms with E-state index in [1.165, 1.54) is 36.5 Å². The van der Waals surface area contributed by atoms with Crippen LogP contribution in [0, 0.1) is 0 Å². The Kier molecular flexibility index (Phi) is 7.39. The highest BCUT2D eigenvalue weighted by atomic mass is 32.1. The molecule has 0 saturated carbocycles. The van der Waals surface area contributed by atoms with Crippen LogP contribution in [0.5, 0.6) is 0 Å². The Labute approximate surface area is 322 Å². The molecule has 0 atom stereocenters. The average Bonchev–Trinajstić information content (AvgIpc) is 3.83. The summed E-state index contributed by atoms with van der Waals surface area (Å²) in [5, 5.41) is 7.20. The van der Waals surface area contributed by atoms with Crippen LogP contribution in [0.15, 0.2) is 205 Å². The summed E-state index contributed by atoms with van der Waals surface area (Å²) in [6.07, 6.45) is 0. The SMILES string of the molecule is c1ccc(-c2ccc(-c3ccc4ccccc4c3)cc2N(c2ccccc2-c2cccc3c2oc2ccccc23)c2cccc3sc4ccccc4c23)cc1. The van der Waals surface area contributed by atoms with Crippen molar-refractivity contribution in [2.45, 2.75) is 0 Å². The van der Waals surface area contributed by atoms with Crippen molar-refractivity contribution in [3.8, 4) is 33.4 Å². The Bertz CT molecular complexity index is 3230. The van der Waals surface area contributed by atoms with Crippen molar-refractivity contribution in [2.24, 2.45) is 0 Å². The maximum Gasteiger partial charge on any atom is 0.143 e. The van der Waals surface area contributed by atoms with Crippen LogP contribution in [0.3, 0.4) is 0 Å². The van der Waals surface area contributed by atoms with E-state index in [-0.39, 0.29) is 0 Å². The number of fused-ring (bicyclic) bond motifs is 7. The second-order valence-corrected chi connectivity index (χ2v) is 15.1. The van der Waals surface area contributed by atoms with Gasteiger partial charge in [0, 0.05) is 47.6 Å². The van der Waals surface area contributed by atoms with E-state index in [2.05, 4.69) is 199 Å². The summed E-state index contributed by atoms with van der Waals surface area (Å²) in [6.45, 7) is 0. The molecule has 258 valence electrons. The Morgan fingerprint density at radius 3 is 1.95 bits per heavy atom. The minimum absolute atomic E-state index is 0.892. The van der Waals surface area contributed by atoms with Crippen LogP contribution in [0.1, 0.15) is 0 Å². The summed E-state index contributed by atoms with van der Waals surface area (Å²) in [6, 6.07) is 72.3. The standard InChI is InChI=1S/C52H33NOS/c1-2-15-35(16-3-1)39-31-30-38(37-29-28-34-14-4-5-17-36(34)32-37)33-47(39)53(46-24-13-27-50-51(46)44-20-8-11-26-49(44)55-50)45-23-9-6-18-40(45)42-21-12-22-43-41-19-7-10-25-48(41)54-52(42)43/h1-33H. The zero-order chi connectivity index (χ0) is 36.3. The topological polar surface area (TPSA) is 16.4 Å². The number of hydrogen-bond acceptors (Lipinski definition) is 3. The van der Waals surface area contributed by atoms with Gasteiger partial charge in [0.2, 0.25) is 0 Å². The number of furan rings is 1. The summed E-state index contributed by atoms with van der Waals surface area (Å²) in [5.41, 5.74) is 11.9. The van der Waals surface area contributed by atoms with Gasteiger partial charge in [-0.3, -0.25) is 0 Å². The molecule has 2 nitrogen and oxygen atoms in total. The Hall–Kier alpha value is -6.94. The molecule has 0 radical (unpaired) electrons. The zero-order valence-electron chi connectivity index (χ0n) is 29.8. The summed E-state index contributed by atoms with van der Waals surface area (Å²) in [5.74, 6) is 0. The lowest BCUT2D eigenvalue weighted by atomic mass is 9.94. The summed E-state index contributed by atoms with van der Waals surface area (Å²) < 4.78 is 9.22. The highest BCUT2D eigenvalue weighted by molar-refractivity contribution is 7.26. The first-order chi connectivity index (χ1) is 27.3. The number of rotatable bonds is 6. The van der Waals surface area contributed by atoms with E-state index in [1.807, 2.05) is 17.4 Å².